The SMILES string of the molecule is Cn1nc(-c2ccc(Cl)cc2)sc1=N[C@@H]1CCCC[C@H]1O. The summed E-state index contributed by atoms with van der Waals surface area (Å²) in [4.78, 5) is 5.56. The molecule has 0 radical (unpaired) electrons. The maximum atomic E-state index is 10.0. The maximum absolute atomic E-state index is 10.0. The van der Waals surface area contributed by atoms with E-state index in [0.717, 1.165) is 46.1 Å². The Morgan fingerprint density at radius 3 is 2.71 bits per heavy atom. The van der Waals surface area contributed by atoms with Crippen molar-refractivity contribution in [3.8, 4) is 10.6 Å². The summed E-state index contributed by atoms with van der Waals surface area (Å²) < 4.78 is 1.79. The van der Waals surface area contributed by atoms with Crippen LogP contribution in [0.25, 0.3) is 10.6 Å². The first-order chi connectivity index (χ1) is 10.1. The highest BCUT2D eigenvalue weighted by molar-refractivity contribution is 7.12. The Bertz CT molecular complexity index is 677. The predicted octanol–water partition coefficient (Wildman–Crippen LogP) is 3.01. The zero-order valence-electron chi connectivity index (χ0n) is 11.9. The highest BCUT2D eigenvalue weighted by Crippen LogP contribution is 2.23. The number of nitrogens with zero attached hydrogens (tertiary/aromatic N) is 3. The van der Waals surface area contributed by atoms with Crippen LogP contribution in [0.1, 0.15) is 25.7 Å². The fraction of sp³-hybridized carbons (Fsp3) is 0.467. The average molecular weight is 324 g/mol. The van der Waals surface area contributed by atoms with E-state index in [-0.39, 0.29) is 12.1 Å². The van der Waals surface area contributed by atoms with Crippen LogP contribution in [-0.4, -0.2) is 27.0 Å². The first-order valence-corrected chi connectivity index (χ1v) is 8.35. The van der Waals surface area contributed by atoms with Crippen LogP contribution in [0.5, 0.6) is 0 Å². The number of halogens is 1. The molecule has 0 amide bonds. The first kappa shape index (κ1) is 14.8. The van der Waals surface area contributed by atoms with Crippen molar-refractivity contribution >= 4 is 22.9 Å². The second-order valence-corrected chi connectivity index (χ2v) is 6.76. The van der Waals surface area contributed by atoms with Crippen molar-refractivity contribution < 1.29 is 5.11 Å². The molecule has 0 unspecified atom stereocenters. The summed E-state index contributed by atoms with van der Waals surface area (Å²) >= 11 is 7.46. The highest BCUT2D eigenvalue weighted by atomic mass is 35.5. The zero-order valence-corrected chi connectivity index (χ0v) is 13.4. The minimum Gasteiger partial charge on any atom is -0.391 e. The van der Waals surface area contributed by atoms with Gasteiger partial charge in [-0.3, -0.25) is 4.99 Å². The second kappa shape index (κ2) is 6.30. The van der Waals surface area contributed by atoms with E-state index in [1.807, 2.05) is 31.3 Å². The number of aliphatic hydroxyl groups is 1. The largest absolute Gasteiger partial charge is 0.391 e. The van der Waals surface area contributed by atoms with Crippen LogP contribution >= 0.6 is 22.9 Å². The Balaban J connectivity index is 1.92. The van der Waals surface area contributed by atoms with E-state index < -0.39 is 0 Å². The molecule has 2 atom stereocenters. The number of aliphatic hydroxyl groups excluding tert-OH is 1. The van der Waals surface area contributed by atoms with Gasteiger partial charge in [0.2, 0.25) is 4.80 Å². The van der Waals surface area contributed by atoms with Crippen LogP contribution < -0.4 is 4.80 Å². The van der Waals surface area contributed by atoms with Crippen LogP contribution in [0.4, 0.5) is 0 Å². The van der Waals surface area contributed by atoms with E-state index in [0.29, 0.717) is 0 Å². The summed E-state index contributed by atoms with van der Waals surface area (Å²) in [6.45, 7) is 0. The minimum absolute atomic E-state index is 0.00321. The normalized spacial score (nSPS) is 23.5. The van der Waals surface area contributed by atoms with E-state index in [4.69, 9.17) is 16.6 Å². The Kier molecular flexibility index (Phi) is 4.42. The van der Waals surface area contributed by atoms with E-state index in [9.17, 15) is 5.11 Å². The van der Waals surface area contributed by atoms with E-state index in [2.05, 4.69) is 5.10 Å². The van der Waals surface area contributed by atoms with Crippen LogP contribution in [0, 0.1) is 0 Å². The molecular weight excluding hydrogens is 306 g/mol. The minimum atomic E-state index is -0.320. The van der Waals surface area contributed by atoms with Gasteiger partial charge < -0.3 is 5.11 Å². The van der Waals surface area contributed by atoms with Gasteiger partial charge in [0, 0.05) is 17.6 Å². The number of hydrogen-bond acceptors (Lipinski definition) is 4. The molecule has 1 fully saturated rings. The van der Waals surface area contributed by atoms with Crippen molar-refractivity contribution in [2.75, 3.05) is 0 Å². The molecule has 1 N–H and O–H groups in total. The molecule has 1 aromatic carbocycles. The summed E-state index contributed by atoms with van der Waals surface area (Å²) in [5.41, 5.74) is 1.03. The number of aromatic nitrogens is 2. The van der Waals surface area contributed by atoms with Crippen molar-refractivity contribution in [3.05, 3.63) is 34.1 Å². The summed E-state index contributed by atoms with van der Waals surface area (Å²) in [6.07, 6.45) is 3.71. The topological polar surface area (TPSA) is 50.4 Å². The number of rotatable bonds is 2. The Morgan fingerprint density at radius 2 is 2.00 bits per heavy atom. The summed E-state index contributed by atoms with van der Waals surface area (Å²) in [5, 5.41) is 16.2. The first-order valence-electron chi connectivity index (χ1n) is 7.15. The molecule has 4 nitrogen and oxygen atoms in total. The van der Waals surface area contributed by atoms with Crippen LogP contribution in [0.3, 0.4) is 0 Å². The third kappa shape index (κ3) is 3.36. The van der Waals surface area contributed by atoms with Gasteiger partial charge in [-0.15, -0.1) is 0 Å². The smallest absolute Gasteiger partial charge is 0.203 e. The lowest BCUT2D eigenvalue weighted by Gasteiger charge is -2.23. The van der Waals surface area contributed by atoms with Crippen LogP contribution in [0.15, 0.2) is 29.3 Å². The third-order valence-corrected chi connectivity index (χ3v) is 5.08. The van der Waals surface area contributed by atoms with Crippen molar-refractivity contribution in [1.29, 1.82) is 0 Å². The van der Waals surface area contributed by atoms with E-state index in [1.54, 1.807) is 16.0 Å². The molecule has 112 valence electrons. The molecule has 0 bridgehead atoms. The van der Waals surface area contributed by atoms with Gasteiger partial charge in [0.15, 0.2) is 0 Å². The fourth-order valence-corrected chi connectivity index (χ4v) is 3.63. The van der Waals surface area contributed by atoms with Crippen molar-refractivity contribution in [2.45, 2.75) is 37.8 Å². The lowest BCUT2D eigenvalue weighted by atomic mass is 9.93. The van der Waals surface area contributed by atoms with Gasteiger partial charge >= 0.3 is 0 Å². The lowest BCUT2D eigenvalue weighted by molar-refractivity contribution is 0.107. The molecule has 1 aromatic heterocycles. The highest BCUT2D eigenvalue weighted by Gasteiger charge is 2.22. The van der Waals surface area contributed by atoms with Crippen molar-refractivity contribution in [1.82, 2.24) is 9.78 Å². The molecular formula is C15H18ClN3OS. The molecule has 3 rings (SSSR count). The third-order valence-electron chi connectivity index (χ3n) is 3.77. The average Bonchev–Trinajstić information content (AvgIpc) is 2.83. The number of benzene rings is 1. The quantitative estimate of drug-likeness (QED) is 0.923. The fourth-order valence-electron chi connectivity index (χ4n) is 2.56. The summed E-state index contributed by atoms with van der Waals surface area (Å²) in [5.74, 6) is 0. The molecule has 1 saturated carbocycles. The molecule has 1 heterocycles. The van der Waals surface area contributed by atoms with E-state index in [1.165, 1.54) is 0 Å². The molecule has 6 heteroatoms. The Labute approximate surface area is 132 Å². The molecule has 21 heavy (non-hydrogen) atoms. The monoisotopic (exact) mass is 323 g/mol. The zero-order chi connectivity index (χ0) is 14.8. The van der Waals surface area contributed by atoms with Gasteiger partial charge in [-0.2, -0.15) is 5.10 Å². The molecule has 0 saturated heterocycles. The molecule has 1 aliphatic carbocycles. The molecule has 1 aliphatic rings. The van der Waals surface area contributed by atoms with Crippen molar-refractivity contribution in [3.63, 3.8) is 0 Å². The van der Waals surface area contributed by atoms with Crippen LogP contribution in [-0.2, 0) is 7.05 Å². The standard InChI is InChI=1S/C15H18ClN3OS/c1-19-15(17-12-4-2-3-5-13(12)20)21-14(18-19)10-6-8-11(16)9-7-10/h6-9,12-13,20H,2-5H2,1H3/t12-,13-/m1/s1. The van der Waals surface area contributed by atoms with Gasteiger partial charge in [-0.25, -0.2) is 4.68 Å². The lowest BCUT2D eigenvalue weighted by Crippen LogP contribution is -2.30. The molecule has 0 aliphatic heterocycles. The number of hydrogen-bond donors (Lipinski definition) is 1. The Hall–Kier alpha value is -1.17. The maximum Gasteiger partial charge on any atom is 0.203 e. The summed E-state index contributed by atoms with van der Waals surface area (Å²) in [6, 6.07) is 7.64. The molecule has 2 aromatic rings. The number of aryl methyl sites for hydroxylation is 1. The predicted molar refractivity (Wildman–Crippen MR) is 85.4 cm³/mol. The van der Waals surface area contributed by atoms with Gasteiger partial charge in [-0.1, -0.05) is 47.9 Å². The second-order valence-electron chi connectivity index (χ2n) is 5.37. The van der Waals surface area contributed by atoms with Gasteiger partial charge in [0.1, 0.15) is 5.01 Å². The Morgan fingerprint density at radius 1 is 1.29 bits per heavy atom. The van der Waals surface area contributed by atoms with Gasteiger partial charge in [0.05, 0.1) is 12.1 Å². The summed E-state index contributed by atoms with van der Waals surface area (Å²) in [7, 11) is 1.89. The van der Waals surface area contributed by atoms with E-state index >= 15 is 0 Å². The van der Waals surface area contributed by atoms with Gasteiger partial charge in [-0.05, 0) is 25.0 Å². The molecule has 0 spiro atoms. The van der Waals surface area contributed by atoms with Crippen LogP contribution in [0.2, 0.25) is 5.02 Å². The van der Waals surface area contributed by atoms with Crippen molar-refractivity contribution in [2.24, 2.45) is 12.0 Å². The van der Waals surface area contributed by atoms with Gasteiger partial charge in [0.25, 0.3) is 0 Å².